The average Bonchev–Trinajstić information content (AvgIpc) is 3.44. The van der Waals surface area contributed by atoms with Crippen LogP contribution in [0.25, 0.3) is 11.3 Å². The van der Waals surface area contributed by atoms with E-state index in [1.54, 1.807) is 0 Å². The minimum atomic E-state index is -0.884. The number of aromatic nitrogens is 3. The molecule has 0 bridgehead atoms. The maximum Gasteiger partial charge on any atom is 0.277 e. The van der Waals surface area contributed by atoms with Crippen LogP contribution < -0.4 is 0 Å². The Bertz CT molecular complexity index is 1000. The molecule has 148 valence electrons. The lowest BCUT2D eigenvalue weighted by atomic mass is 9.89. The zero-order valence-electron chi connectivity index (χ0n) is 15.8. The van der Waals surface area contributed by atoms with Crippen LogP contribution in [0, 0.1) is 11.3 Å². The van der Waals surface area contributed by atoms with E-state index in [1.165, 1.54) is 42.4 Å². The second-order valence-corrected chi connectivity index (χ2v) is 8.81. The molecule has 1 aliphatic rings. The third kappa shape index (κ3) is 4.74. The molecule has 8 heteroatoms. The van der Waals surface area contributed by atoms with Crippen molar-refractivity contribution in [1.82, 2.24) is 15.2 Å². The third-order valence-electron chi connectivity index (χ3n) is 5.00. The minimum Gasteiger partial charge on any atom is -0.416 e. The number of thioether (sulfide) groups is 1. The Labute approximate surface area is 177 Å². The summed E-state index contributed by atoms with van der Waals surface area (Å²) in [4.78, 5) is 17.1. The molecule has 0 radical (unpaired) electrons. The normalized spacial score (nSPS) is 15.7. The first-order valence-corrected chi connectivity index (χ1v) is 11.5. The quantitative estimate of drug-likeness (QED) is 0.481. The Hall–Kier alpha value is -2.50. The summed E-state index contributed by atoms with van der Waals surface area (Å²) in [5.41, 5.74) is 1.75. The molecule has 1 fully saturated rings. The van der Waals surface area contributed by atoms with Crippen LogP contribution in [0.5, 0.6) is 0 Å². The highest BCUT2D eigenvalue weighted by Gasteiger charge is 2.26. The lowest BCUT2D eigenvalue weighted by Gasteiger charge is -2.17. The minimum absolute atomic E-state index is 0.102. The van der Waals surface area contributed by atoms with Crippen LogP contribution in [0.15, 0.2) is 45.4 Å². The van der Waals surface area contributed by atoms with E-state index in [9.17, 15) is 10.1 Å². The molecule has 1 saturated carbocycles. The molecule has 0 saturated heterocycles. The van der Waals surface area contributed by atoms with Gasteiger partial charge in [0.15, 0.2) is 11.7 Å². The number of Topliss-reactive ketones (excluding diaryl/α,β-unsaturated/α-hetero) is 1. The number of nitrogens with zero attached hydrogens (tertiary/aromatic N) is 4. The van der Waals surface area contributed by atoms with Crippen LogP contribution in [0.3, 0.4) is 0 Å². The molecule has 0 amide bonds. The fourth-order valence-corrected chi connectivity index (χ4v) is 5.00. The molecule has 0 spiro atoms. The number of rotatable bonds is 7. The standard InChI is InChI=1S/C21H20N4O2S2/c22-11-16(20-23-17(12-28-20)14-7-3-1-4-8-14)18(26)13-29-21-25-24-19(27-21)15-9-5-2-6-10-15/h1,3-4,7-8,12,15-16H,2,5-6,9-10,13H2/t16-/m0/s1. The predicted octanol–water partition coefficient (Wildman–Crippen LogP) is 5.21. The summed E-state index contributed by atoms with van der Waals surface area (Å²) in [6.45, 7) is 0. The number of hydrogen-bond donors (Lipinski definition) is 0. The van der Waals surface area contributed by atoms with E-state index in [0.717, 1.165) is 24.1 Å². The molecule has 1 aromatic carbocycles. The number of nitriles is 1. The van der Waals surface area contributed by atoms with Crippen molar-refractivity contribution < 1.29 is 9.21 Å². The fraction of sp³-hybridized carbons (Fsp3) is 0.381. The van der Waals surface area contributed by atoms with Crippen molar-refractivity contribution in [1.29, 1.82) is 5.26 Å². The zero-order valence-corrected chi connectivity index (χ0v) is 17.4. The number of thiazole rings is 1. The molecule has 1 atom stereocenters. The molecule has 0 N–H and O–H groups in total. The maximum atomic E-state index is 12.6. The van der Waals surface area contributed by atoms with E-state index in [1.807, 2.05) is 35.7 Å². The van der Waals surface area contributed by atoms with Crippen LogP contribution in [0.4, 0.5) is 0 Å². The van der Waals surface area contributed by atoms with Gasteiger partial charge in [-0.1, -0.05) is 61.4 Å². The first-order chi connectivity index (χ1) is 14.2. The molecule has 0 aliphatic heterocycles. The molecule has 6 nitrogen and oxygen atoms in total. The molecule has 29 heavy (non-hydrogen) atoms. The summed E-state index contributed by atoms with van der Waals surface area (Å²) in [5, 5.41) is 20.5. The third-order valence-corrected chi connectivity index (χ3v) is 6.75. The Morgan fingerprint density at radius 3 is 2.79 bits per heavy atom. The monoisotopic (exact) mass is 424 g/mol. The number of carbonyl (C=O) groups excluding carboxylic acids is 1. The molecule has 4 rings (SSSR count). The zero-order chi connectivity index (χ0) is 20.1. The van der Waals surface area contributed by atoms with Crippen molar-refractivity contribution >= 4 is 28.9 Å². The van der Waals surface area contributed by atoms with Gasteiger partial charge in [-0.15, -0.1) is 21.5 Å². The van der Waals surface area contributed by atoms with Gasteiger partial charge in [0, 0.05) is 16.9 Å². The summed E-state index contributed by atoms with van der Waals surface area (Å²) < 4.78 is 5.75. The van der Waals surface area contributed by atoms with E-state index in [2.05, 4.69) is 21.3 Å². The van der Waals surface area contributed by atoms with Gasteiger partial charge in [0.05, 0.1) is 17.5 Å². The van der Waals surface area contributed by atoms with Gasteiger partial charge in [-0.2, -0.15) is 5.26 Å². The van der Waals surface area contributed by atoms with Crippen LogP contribution >= 0.6 is 23.1 Å². The summed E-state index contributed by atoms with van der Waals surface area (Å²) >= 11 is 2.53. The smallest absolute Gasteiger partial charge is 0.277 e. The van der Waals surface area contributed by atoms with Crippen LogP contribution in [-0.4, -0.2) is 26.7 Å². The molecule has 2 aromatic heterocycles. The van der Waals surface area contributed by atoms with Crippen molar-refractivity contribution in [3.8, 4) is 17.3 Å². The second kappa shape index (κ2) is 9.33. The van der Waals surface area contributed by atoms with Crippen molar-refractivity contribution in [2.24, 2.45) is 0 Å². The van der Waals surface area contributed by atoms with E-state index in [-0.39, 0.29) is 11.5 Å². The first kappa shape index (κ1) is 19.8. The lowest BCUT2D eigenvalue weighted by molar-refractivity contribution is -0.116. The fourth-order valence-electron chi connectivity index (χ4n) is 3.44. The van der Waals surface area contributed by atoms with Gasteiger partial charge >= 0.3 is 0 Å². The van der Waals surface area contributed by atoms with Crippen molar-refractivity contribution in [3.05, 3.63) is 46.6 Å². The van der Waals surface area contributed by atoms with Crippen LogP contribution in [0.2, 0.25) is 0 Å². The van der Waals surface area contributed by atoms with Gasteiger partial charge in [-0.3, -0.25) is 4.79 Å². The van der Waals surface area contributed by atoms with Gasteiger partial charge in [0.1, 0.15) is 5.01 Å². The van der Waals surface area contributed by atoms with Gasteiger partial charge in [0.2, 0.25) is 5.89 Å². The lowest BCUT2D eigenvalue weighted by Crippen LogP contribution is -2.13. The highest BCUT2D eigenvalue weighted by Crippen LogP contribution is 2.33. The summed E-state index contributed by atoms with van der Waals surface area (Å²) in [6, 6.07) is 11.8. The molecule has 1 aliphatic carbocycles. The average molecular weight is 425 g/mol. The van der Waals surface area contributed by atoms with Gasteiger partial charge in [-0.25, -0.2) is 4.98 Å². The largest absolute Gasteiger partial charge is 0.416 e. The number of carbonyl (C=O) groups is 1. The SMILES string of the molecule is N#C[C@@H](C(=O)CSc1nnc(C2CCCCC2)o1)c1nc(-c2ccccc2)cs1. The van der Waals surface area contributed by atoms with E-state index < -0.39 is 5.92 Å². The van der Waals surface area contributed by atoms with E-state index >= 15 is 0 Å². The van der Waals surface area contributed by atoms with Crippen molar-refractivity contribution in [3.63, 3.8) is 0 Å². The number of ketones is 1. The molecular formula is C21H20N4O2S2. The predicted molar refractivity (Wildman–Crippen MR) is 112 cm³/mol. The summed E-state index contributed by atoms with van der Waals surface area (Å²) in [7, 11) is 0. The molecule has 0 unspecified atom stereocenters. The van der Waals surface area contributed by atoms with Crippen LogP contribution in [-0.2, 0) is 4.79 Å². The highest BCUT2D eigenvalue weighted by atomic mass is 32.2. The Morgan fingerprint density at radius 1 is 1.24 bits per heavy atom. The molecule has 3 aromatic rings. The van der Waals surface area contributed by atoms with Gasteiger partial charge < -0.3 is 4.42 Å². The first-order valence-electron chi connectivity index (χ1n) is 9.64. The van der Waals surface area contributed by atoms with E-state index in [0.29, 0.717) is 22.0 Å². The van der Waals surface area contributed by atoms with Gasteiger partial charge in [0.25, 0.3) is 5.22 Å². The Kier molecular flexibility index (Phi) is 6.37. The highest BCUT2D eigenvalue weighted by molar-refractivity contribution is 7.99. The Morgan fingerprint density at radius 2 is 2.03 bits per heavy atom. The Balaban J connectivity index is 1.38. The summed E-state index contributed by atoms with van der Waals surface area (Å²) in [6.07, 6.45) is 5.80. The topological polar surface area (TPSA) is 92.7 Å². The number of benzene rings is 1. The van der Waals surface area contributed by atoms with Crippen LogP contribution in [0.1, 0.15) is 54.8 Å². The molecule has 2 heterocycles. The second-order valence-electron chi connectivity index (χ2n) is 7.00. The van der Waals surface area contributed by atoms with Gasteiger partial charge in [-0.05, 0) is 12.8 Å². The van der Waals surface area contributed by atoms with Crippen molar-refractivity contribution in [2.45, 2.75) is 49.2 Å². The molecular weight excluding hydrogens is 404 g/mol. The van der Waals surface area contributed by atoms with Crippen molar-refractivity contribution in [2.75, 3.05) is 5.75 Å². The summed E-state index contributed by atoms with van der Waals surface area (Å²) in [5.74, 6) is 0.0171. The number of hydrogen-bond acceptors (Lipinski definition) is 8. The van der Waals surface area contributed by atoms with E-state index in [4.69, 9.17) is 4.42 Å². The maximum absolute atomic E-state index is 12.6.